The molecule has 1 amide bonds. The fraction of sp³-hybridized carbons (Fsp3) is 0.150. The maximum atomic E-state index is 12.8. The molecule has 0 spiro atoms. The molecule has 0 radical (unpaired) electrons. The molecule has 25 heavy (non-hydrogen) atoms. The largest absolute Gasteiger partial charge is 0.464 e. The van der Waals surface area contributed by atoms with Crippen LogP contribution in [0.3, 0.4) is 0 Å². The summed E-state index contributed by atoms with van der Waals surface area (Å²) in [5, 5.41) is 0.550. The van der Waals surface area contributed by atoms with Gasteiger partial charge in [0.25, 0.3) is 0 Å². The Labute approximate surface area is 155 Å². The third kappa shape index (κ3) is 3.08. The number of furan rings is 1. The summed E-state index contributed by atoms with van der Waals surface area (Å²) < 4.78 is 5.50. The summed E-state index contributed by atoms with van der Waals surface area (Å²) in [6, 6.07) is 17.5. The normalized spacial score (nSPS) is 16.8. The van der Waals surface area contributed by atoms with E-state index in [2.05, 4.69) is 6.07 Å². The molecule has 0 N–H and O–H groups in total. The van der Waals surface area contributed by atoms with Crippen LogP contribution in [0, 0.1) is 0 Å². The molecule has 4 rings (SSSR count). The van der Waals surface area contributed by atoms with Gasteiger partial charge in [0, 0.05) is 15.5 Å². The van der Waals surface area contributed by atoms with Gasteiger partial charge in [-0.3, -0.25) is 4.79 Å². The number of anilines is 1. The molecule has 2 aromatic carbocycles. The zero-order valence-corrected chi connectivity index (χ0v) is 15.2. The van der Waals surface area contributed by atoms with Crippen molar-refractivity contribution in [3.8, 4) is 11.3 Å². The molecular weight excluding hydrogens is 354 g/mol. The lowest BCUT2D eigenvalue weighted by Gasteiger charge is -2.33. The van der Waals surface area contributed by atoms with Crippen LogP contribution >= 0.6 is 23.4 Å². The number of halogens is 1. The number of carbonyl (C=O) groups excluding carboxylic acids is 1. The molecule has 126 valence electrons. The van der Waals surface area contributed by atoms with E-state index < -0.39 is 0 Å². The number of rotatable bonds is 3. The van der Waals surface area contributed by atoms with Gasteiger partial charge < -0.3 is 9.32 Å². The maximum absolute atomic E-state index is 12.8. The first-order chi connectivity index (χ1) is 12.1. The van der Waals surface area contributed by atoms with Gasteiger partial charge in [-0.15, -0.1) is 11.8 Å². The number of amides is 1. The van der Waals surface area contributed by atoms with Crippen molar-refractivity contribution in [3.05, 3.63) is 71.4 Å². The van der Waals surface area contributed by atoms with E-state index in [1.807, 2.05) is 60.4 Å². The van der Waals surface area contributed by atoms with E-state index in [-0.39, 0.29) is 11.2 Å². The molecule has 1 atom stereocenters. The van der Waals surface area contributed by atoms with E-state index in [1.54, 1.807) is 18.0 Å². The summed E-state index contributed by atoms with van der Waals surface area (Å²) in [7, 11) is 0. The Morgan fingerprint density at radius 2 is 2.00 bits per heavy atom. The second-order valence-corrected chi connectivity index (χ2v) is 7.73. The molecule has 3 nitrogen and oxygen atoms in total. The first kappa shape index (κ1) is 16.3. The molecule has 5 heteroatoms. The fourth-order valence-corrected chi connectivity index (χ4v) is 4.20. The predicted molar refractivity (Wildman–Crippen MR) is 102 cm³/mol. The van der Waals surface area contributed by atoms with E-state index >= 15 is 0 Å². The van der Waals surface area contributed by atoms with E-state index in [0.717, 1.165) is 27.5 Å². The molecule has 0 saturated carbocycles. The molecule has 0 aliphatic carbocycles. The van der Waals surface area contributed by atoms with Gasteiger partial charge in [0.05, 0.1) is 23.7 Å². The van der Waals surface area contributed by atoms with E-state index in [1.165, 1.54) is 0 Å². The van der Waals surface area contributed by atoms with Crippen LogP contribution in [0.5, 0.6) is 0 Å². The highest BCUT2D eigenvalue weighted by Crippen LogP contribution is 2.42. The Hall–Kier alpha value is -2.17. The van der Waals surface area contributed by atoms with Gasteiger partial charge in [-0.05, 0) is 48.9 Å². The summed E-state index contributed by atoms with van der Waals surface area (Å²) in [5.41, 5.74) is 2.80. The van der Waals surface area contributed by atoms with Gasteiger partial charge in [-0.25, -0.2) is 0 Å². The average molecular weight is 370 g/mol. The topological polar surface area (TPSA) is 33.5 Å². The monoisotopic (exact) mass is 369 g/mol. The van der Waals surface area contributed by atoms with Crippen LogP contribution in [-0.2, 0) is 11.3 Å². The molecule has 0 fully saturated rings. The van der Waals surface area contributed by atoms with Gasteiger partial charge in [0.1, 0.15) is 5.76 Å². The number of nitrogens with zero attached hydrogens (tertiary/aromatic N) is 1. The van der Waals surface area contributed by atoms with Gasteiger partial charge in [-0.1, -0.05) is 29.8 Å². The smallest absolute Gasteiger partial charge is 0.240 e. The fourth-order valence-electron chi connectivity index (χ4n) is 2.96. The minimum Gasteiger partial charge on any atom is -0.464 e. The van der Waals surface area contributed by atoms with Crippen LogP contribution in [0.25, 0.3) is 11.3 Å². The standard InChI is InChI=1S/C20H16ClNO2S/c1-13-20(23)22(12-15-5-2-3-6-16(15)21)17-11-14(8-9-19(17)25-13)18-7-4-10-24-18/h2-11,13H,12H2,1H3. The van der Waals surface area contributed by atoms with Crippen LogP contribution in [0.15, 0.2) is 70.2 Å². The summed E-state index contributed by atoms with van der Waals surface area (Å²) in [6.07, 6.45) is 1.65. The summed E-state index contributed by atoms with van der Waals surface area (Å²) >= 11 is 7.90. The number of carbonyl (C=O) groups is 1. The second kappa shape index (κ2) is 6.62. The summed E-state index contributed by atoms with van der Waals surface area (Å²) in [4.78, 5) is 15.8. The summed E-state index contributed by atoms with van der Waals surface area (Å²) in [5.74, 6) is 0.880. The maximum Gasteiger partial charge on any atom is 0.240 e. The van der Waals surface area contributed by atoms with Gasteiger partial charge in [-0.2, -0.15) is 0 Å². The predicted octanol–water partition coefficient (Wildman–Crippen LogP) is 5.63. The zero-order chi connectivity index (χ0) is 17.4. The number of hydrogen-bond acceptors (Lipinski definition) is 3. The molecule has 1 unspecified atom stereocenters. The van der Waals surface area contributed by atoms with E-state index in [9.17, 15) is 4.79 Å². The van der Waals surface area contributed by atoms with E-state index in [4.69, 9.17) is 16.0 Å². The van der Waals surface area contributed by atoms with Crippen molar-refractivity contribution in [2.24, 2.45) is 0 Å². The molecule has 1 aliphatic heterocycles. The van der Waals surface area contributed by atoms with Crippen molar-refractivity contribution in [1.29, 1.82) is 0 Å². The summed E-state index contributed by atoms with van der Waals surface area (Å²) in [6.45, 7) is 2.40. The van der Waals surface area contributed by atoms with Gasteiger partial charge in [0.2, 0.25) is 5.91 Å². The Balaban J connectivity index is 1.77. The Morgan fingerprint density at radius 1 is 1.16 bits per heavy atom. The molecule has 2 heterocycles. The highest BCUT2D eigenvalue weighted by molar-refractivity contribution is 8.01. The molecule has 3 aromatic rings. The Bertz CT molecular complexity index is 923. The molecular formula is C20H16ClNO2S. The molecule has 0 bridgehead atoms. The molecule has 1 aliphatic rings. The highest BCUT2D eigenvalue weighted by atomic mass is 35.5. The minimum atomic E-state index is -0.121. The zero-order valence-electron chi connectivity index (χ0n) is 13.6. The molecule has 0 saturated heterocycles. The van der Waals surface area contributed by atoms with Crippen molar-refractivity contribution in [2.45, 2.75) is 23.6 Å². The first-order valence-electron chi connectivity index (χ1n) is 8.03. The van der Waals surface area contributed by atoms with Gasteiger partial charge in [0.15, 0.2) is 0 Å². The molecule has 1 aromatic heterocycles. The number of hydrogen-bond donors (Lipinski definition) is 0. The minimum absolute atomic E-state index is 0.0917. The lowest BCUT2D eigenvalue weighted by atomic mass is 10.1. The average Bonchev–Trinajstić information content (AvgIpc) is 3.15. The highest BCUT2D eigenvalue weighted by Gasteiger charge is 2.31. The van der Waals surface area contributed by atoms with Crippen LogP contribution in [0.1, 0.15) is 12.5 Å². The number of benzene rings is 2. The van der Waals surface area contributed by atoms with Crippen LogP contribution in [0.4, 0.5) is 5.69 Å². The second-order valence-electron chi connectivity index (χ2n) is 5.94. The van der Waals surface area contributed by atoms with Crippen molar-refractivity contribution in [2.75, 3.05) is 4.90 Å². The third-order valence-corrected chi connectivity index (χ3v) is 5.78. The Morgan fingerprint density at radius 3 is 2.76 bits per heavy atom. The SMILES string of the molecule is CC1Sc2ccc(-c3ccco3)cc2N(Cc2ccccc2Cl)C1=O. The van der Waals surface area contributed by atoms with Gasteiger partial charge >= 0.3 is 0 Å². The quantitative estimate of drug-likeness (QED) is 0.600. The third-order valence-electron chi connectivity index (χ3n) is 4.26. The van der Waals surface area contributed by atoms with Crippen LogP contribution in [0.2, 0.25) is 5.02 Å². The lowest BCUT2D eigenvalue weighted by molar-refractivity contribution is -0.118. The lowest BCUT2D eigenvalue weighted by Crippen LogP contribution is -2.39. The van der Waals surface area contributed by atoms with Crippen LogP contribution < -0.4 is 4.90 Å². The van der Waals surface area contributed by atoms with Crippen molar-refractivity contribution in [1.82, 2.24) is 0 Å². The number of fused-ring (bicyclic) bond motifs is 1. The van der Waals surface area contributed by atoms with Crippen molar-refractivity contribution >= 4 is 35.0 Å². The number of thioether (sulfide) groups is 1. The van der Waals surface area contributed by atoms with E-state index in [0.29, 0.717) is 11.6 Å². The van der Waals surface area contributed by atoms with Crippen molar-refractivity contribution < 1.29 is 9.21 Å². The first-order valence-corrected chi connectivity index (χ1v) is 9.28. The van der Waals surface area contributed by atoms with Crippen molar-refractivity contribution in [3.63, 3.8) is 0 Å². The Kier molecular flexibility index (Phi) is 4.32. The van der Waals surface area contributed by atoms with Crippen LogP contribution in [-0.4, -0.2) is 11.2 Å².